The number of hydrogen-bond donors (Lipinski definition) is 0. The van der Waals surface area contributed by atoms with Gasteiger partial charge >= 0.3 is 0 Å². The summed E-state index contributed by atoms with van der Waals surface area (Å²) in [7, 11) is 0. The van der Waals surface area contributed by atoms with Gasteiger partial charge in [-0.05, 0) is 44.5 Å². The highest BCUT2D eigenvalue weighted by atomic mass is 16.6. The van der Waals surface area contributed by atoms with Crippen molar-refractivity contribution < 1.29 is 14.3 Å². The second-order valence-corrected chi connectivity index (χ2v) is 7.24. The van der Waals surface area contributed by atoms with Gasteiger partial charge in [0, 0.05) is 36.1 Å². The fraction of sp³-hybridized carbons (Fsp3) is 0.450. The van der Waals surface area contributed by atoms with Gasteiger partial charge in [-0.2, -0.15) is 0 Å². The van der Waals surface area contributed by atoms with Crippen LogP contribution >= 0.6 is 0 Å². The van der Waals surface area contributed by atoms with E-state index in [9.17, 15) is 4.79 Å². The molecular formula is C20H23N3O3. The lowest BCUT2D eigenvalue weighted by molar-refractivity contribution is 0.00995. The number of pyridine rings is 2. The Bertz CT molecular complexity index is 791. The number of rotatable bonds is 3. The van der Waals surface area contributed by atoms with Crippen LogP contribution < -0.4 is 4.74 Å². The molecule has 2 atom stereocenters. The maximum absolute atomic E-state index is 12.9. The van der Waals surface area contributed by atoms with Crippen LogP contribution in [0.25, 0.3) is 0 Å². The van der Waals surface area contributed by atoms with E-state index in [1.54, 1.807) is 12.4 Å². The van der Waals surface area contributed by atoms with Crippen LogP contribution in [-0.2, 0) is 4.74 Å². The molecule has 4 heterocycles. The Kier molecular flexibility index (Phi) is 4.36. The van der Waals surface area contributed by atoms with E-state index in [4.69, 9.17) is 9.47 Å². The van der Waals surface area contributed by atoms with Crippen molar-refractivity contribution >= 4 is 5.91 Å². The molecular weight excluding hydrogens is 330 g/mol. The quantitative estimate of drug-likeness (QED) is 0.848. The summed E-state index contributed by atoms with van der Waals surface area (Å²) in [6, 6.07) is 7.46. The largest absolute Gasteiger partial charge is 0.486 e. The molecule has 2 aromatic heterocycles. The molecule has 0 radical (unpaired) electrons. The van der Waals surface area contributed by atoms with E-state index in [1.807, 2.05) is 43.0 Å². The van der Waals surface area contributed by atoms with Gasteiger partial charge in [0.2, 0.25) is 0 Å². The molecule has 6 nitrogen and oxygen atoms in total. The number of aromatic nitrogens is 2. The molecule has 0 aliphatic carbocycles. The van der Waals surface area contributed by atoms with E-state index < -0.39 is 0 Å². The number of carbonyl (C=O) groups is 1. The maximum Gasteiger partial charge on any atom is 0.254 e. The zero-order valence-corrected chi connectivity index (χ0v) is 15.1. The summed E-state index contributed by atoms with van der Waals surface area (Å²) in [5.41, 5.74) is 2.14. The van der Waals surface area contributed by atoms with Gasteiger partial charge in [0.25, 0.3) is 5.91 Å². The molecule has 0 aromatic carbocycles. The van der Waals surface area contributed by atoms with Crippen molar-refractivity contribution in [3.63, 3.8) is 0 Å². The van der Waals surface area contributed by atoms with Crippen molar-refractivity contribution in [2.24, 2.45) is 0 Å². The Hall–Kier alpha value is -2.47. The van der Waals surface area contributed by atoms with Gasteiger partial charge in [0.05, 0.1) is 24.9 Å². The number of ether oxygens (including phenoxy) is 2. The molecule has 26 heavy (non-hydrogen) atoms. The van der Waals surface area contributed by atoms with Crippen molar-refractivity contribution in [3.05, 3.63) is 53.6 Å². The third-order valence-corrected chi connectivity index (χ3v) is 5.04. The zero-order chi connectivity index (χ0) is 18.1. The molecule has 4 rings (SSSR count). The predicted molar refractivity (Wildman–Crippen MR) is 96.2 cm³/mol. The number of nitrogens with zero attached hydrogens (tertiary/aromatic N) is 3. The molecule has 2 aliphatic rings. The first-order valence-electron chi connectivity index (χ1n) is 8.98. The number of likely N-dealkylation sites (tertiary alicyclic amines) is 1. The summed E-state index contributed by atoms with van der Waals surface area (Å²) >= 11 is 0. The number of amides is 1. The van der Waals surface area contributed by atoms with Crippen LogP contribution in [0.4, 0.5) is 0 Å². The van der Waals surface area contributed by atoms with Crippen LogP contribution in [0.15, 0.2) is 36.7 Å². The molecule has 0 bridgehead atoms. The summed E-state index contributed by atoms with van der Waals surface area (Å²) in [5.74, 6) is 0.808. The van der Waals surface area contributed by atoms with Crippen LogP contribution in [0.3, 0.4) is 0 Å². The van der Waals surface area contributed by atoms with Crippen LogP contribution in [0.5, 0.6) is 5.75 Å². The Morgan fingerprint density at radius 2 is 2.15 bits per heavy atom. The molecule has 2 fully saturated rings. The summed E-state index contributed by atoms with van der Waals surface area (Å²) < 4.78 is 12.1. The first-order valence-corrected chi connectivity index (χ1v) is 8.98. The molecule has 2 aliphatic heterocycles. The second kappa shape index (κ2) is 6.68. The summed E-state index contributed by atoms with van der Waals surface area (Å²) in [6.07, 6.45) is 5.07. The molecule has 6 heteroatoms. The molecule has 1 spiro atoms. The monoisotopic (exact) mass is 353 g/mol. The van der Waals surface area contributed by atoms with E-state index in [0.29, 0.717) is 25.3 Å². The lowest BCUT2D eigenvalue weighted by Gasteiger charge is -2.23. The Labute approximate surface area is 153 Å². The molecule has 0 unspecified atom stereocenters. The highest BCUT2D eigenvalue weighted by Gasteiger charge is 2.47. The third kappa shape index (κ3) is 3.42. The van der Waals surface area contributed by atoms with E-state index >= 15 is 0 Å². The van der Waals surface area contributed by atoms with Crippen LogP contribution in [0.1, 0.15) is 34.6 Å². The highest BCUT2D eigenvalue weighted by molar-refractivity contribution is 5.94. The first-order chi connectivity index (χ1) is 12.5. The minimum absolute atomic E-state index is 0.000309. The Balaban J connectivity index is 1.41. The summed E-state index contributed by atoms with van der Waals surface area (Å²) in [4.78, 5) is 23.2. The third-order valence-electron chi connectivity index (χ3n) is 5.04. The van der Waals surface area contributed by atoms with Gasteiger partial charge in [0.15, 0.2) is 0 Å². The second-order valence-electron chi connectivity index (χ2n) is 7.24. The summed E-state index contributed by atoms with van der Waals surface area (Å²) in [6.45, 7) is 5.69. The summed E-state index contributed by atoms with van der Waals surface area (Å²) in [5, 5.41) is 0. The van der Waals surface area contributed by atoms with Crippen molar-refractivity contribution in [2.45, 2.75) is 38.4 Å². The van der Waals surface area contributed by atoms with Gasteiger partial charge < -0.3 is 14.4 Å². The van der Waals surface area contributed by atoms with Crippen LogP contribution in [-0.4, -0.2) is 52.2 Å². The van der Waals surface area contributed by atoms with Gasteiger partial charge in [-0.3, -0.25) is 14.8 Å². The average Bonchev–Trinajstić information content (AvgIpc) is 3.21. The van der Waals surface area contributed by atoms with Crippen LogP contribution in [0, 0.1) is 13.8 Å². The van der Waals surface area contributed by atoms with Gasteiger partial charge in [-0.1, -0.05) is 0 Å². The number of hydrogen-bond acceptors (Lipinski definition) is 5. The smallest absolute Gasteiger partial charge is 0.254 e. The normalized spacial score (nSPS) is 25.0. The van der Waals surface area contributed by atoms with Gasteiger partial charge in [-0.15, -0.1) is 0 Å². The van der Waals surface area contributed by atoms with Crippen molar-refractivity contribution in [2.75, 3.05) is 19.7 Å². The van der Waals surface area contributed by atoms with Crippen LogP contribution in [0.2, 0.25) is 0 Å². The SMILES string of the molecule is Cc1cc(C(=O)N2CC[C@]3(C[C@H](Oc4cccnc4)CO3)C2)cc(C)n1. The standard InChI is InChI=1S/C20H23N3O3/c1-14-8-16(9-15(2)22-14)19(24)23-7-5-20(13-23)10-18(12-25-20)26-17-4-3-6-21-11-17/h3-4,6,8-9,11,18H,5,7,10,12-13H2,1-2H3/t18-,20-/m0/s1. The minimum Gasteiger partial charge on any atom is -0.486 e. The zero-order valence-electron chi connectivity index (χ0n) is 15.1. The Morgan fingerprint density at radius 3 is 2.88 bits per heavy atom. The Morgan fingerprint density at radius 1 is 1.35 bits per heavy atom. The van der Waals surface area contributed by atoms with Crippen molar-refractivity contribution in [1.82, 2.24) is 14.9 Å². The predicted octanol–water partition coefficient (Wildman–Crippen LogP) is 2.55. The fourth-order valence-corrected chi connectivity index (χ4v) is 3.93. The lowest BCUT2D eigenvalue weighted by atomic mass is 9.98. The van der Waals surface area contributed by atoms with E-state index in [1.165, 1.54) is 0 Å². The van der Waals surface area contributed by atoms with Crippen molar-refractivity contribution in [3.8, 4) is 5.75 Å². The molecule has 1 amide bonds. The van der Waals surface area contributed by atoms with Gasteiger partial charge in [0.1, 0.15) is 11.9 Å². The van der Waals surface area contributed by atoms with Crippen molar-refractivity contribution in [1.29, 1.82) is 0 Å². The number of aryl methyl sites for hydroxylation is 2. The minimum atomic E-state index is -0.292. The average molecular weight is 353 g/mol. The molecule has 2 saturated heterocycles. The molecule has 0 saturated carbocycles. The number of carbonyl (C=O) groups excluding carboxylic acids is 1. The molecule has 136 valence electrons. The fourth-order valence-electron chi connectivity index (χ4n) is 3.93. The lowest BCUT2D eigenvalue weighted by Crippen LogP contribution is -2.36. The maximum atomic E-state index is 12.9. The van der Waals surface area contributed by atoms with E-state index in [2.05, 4.69) is 9.97 Å². The van der Waals surface area contributed by atoms with Gasteiger partial charge in [-0.25, -0.2) is 0 Å². The van der Waals surface area contributed by atoms with E-state index in [-0.39, 0.29) is 17.6 Å². The highest BCUT2D eigenvalue weighted by Crippen LogP contribution is 2.37. The first kappa shape index (κ1) is 17.0. The molecule has 0 N–H and O–H groups in total. The topological polar surface area (TPSA) is 64.6 Å². The van der Waals surface area contributed by atoms with E-state index in [0.717, 1.165) is 30.0 Å². The molecule has 2 aromatic rings.